The first-order chi connectivity index (χ1) is 18.7. The number of nitrogens with one attached hydrogen (secondary N) is 1. The number of rotatable bonds is 6. The van der Waals surface area contributed by atoms with Gasteiger partial charge in [0.1, 0.15) is 11.4 Å². The molecule has 0 saturated heterocycles. The van der Waals surface area contributed by atoms with Crippen molar-refractivity contribution in [2.24, 2.45) is 11.7 Å². The van der Waals surface area contributed by atoms with Gasteiger partial charge in [-0.05, 0) is 93.4 Å². The first-order valence-corrected chi connectivity index (χ1v) is 15.8. The number of allylic oxidation sites excluding steroid dienone is 4. The topological polar surface area (TPSA) is 114 Å². The van der Waals surface area contributed by atoms with Crippen molar-refractivity contribution < 1.29 is 9.84 Å². The second-order valence-electron chi connectivity index (χ2n) is 10.5. The number of hydrogen-bond donors (Lipinski definition) is 4. The first-order valence-electron chi connectivity index (χ1n) is 14.9. The van der Waals surface area contributed by atoms with E-state index in [0.29, 0.717) is 18.0 Å². The van der Waals surface area contributed by atoms with E-state index in [2.05, 4.69) is 18.5 Å². The summed E-state index contributed by atoms with van der Waals surface area (Å²) in [5.74, 6) is 2.12. The Morgan fingerprint density at radius 1 is 1.00 bits per heavy atom. The number of aromatic amines is 1. The number of pyridine rings is 1. The fraction of sp³-hybridized carbons (Fsp3) is 0.656. The maximum absolute atomic E-state index is 11.7. The number of hydrogen-bond acceptors (Lipinski definition) is 6. The average molecular weight is 562 g/mol. The fourth-order valence-corrected chi connectivity index (χ4v) is 6.23. The van der Waals surface area contributed by atoms with Gasteiger partial charge in [-0.2, -0.15) is 0 Å². The predicted molar refractivity (Wildman–Crippen MR) is 170 cm³/mol. The molecular formula is C32H55N3O3S. The lowest BCUT2D eigenvalue weighted by Gasteiger charge is -2.21. The number of anilines is 1. The zero-order chi connectivity index (χ0) is 29.4. The number of aromatic nitrogens is 1. The third-order valence-corrected chi connectivity index (χ3v) is 8.42. The summed E-state index contributed by atoms with van der Waals surface area (Å²) in [5, 5.41) is 10.3. The molecule has 0 aliphatic heterocycles. The second-order valence-corrected chi connectivity index (χ2v) is 11.6. The largest absolute Gasteiger partial charge is 0.510 e. The molecule has 0 atom stereocenters. The Bertz CT molecular complexity index is 1020. The maximum Gasteiger partial charge on any atom is 0.272 e. The first kappa shape index (κ1) is 34.9. The zero-order valence-electron chi connectivity index (χ0n) is 25.5. The van der Waals surface area contributed by atoms with Crippen LogP contribution < -0.4 is 17.0 Å². The van der Waals surface area contributed by atoms with Gasteiger partial charge < -0.3 is 26.3 Å². The van der Waals surface area contributed by atoms with Crippen molar-refractivity contribution in [1.29, 1.82) is 0 Å². The molecule has 39 heavy (non-hydrogen) atoms. The summed E-state index contributed by atoms with van der Waals surface area (Å²) in [6.07, 6.45) is 14.6. The Kier molecular flexibility index (Phi) is 17.0. The summed E-state index contributed by atoms with van der Waals surface area (Å²) in [7, 11) is 1.68. The van der Waals surface area contributed by atoms with Crippen LogP contribution in [0.5, 0.6) is 0 Å². The van der Waals surface area contributed by atoms with Crippen molar-refractivity contribution in [2.75, 3.05) is 25.2 Å². The molecule has 7 heteroatoms. The van der Waals surface area contributed by atoms with E-state index in [0.717, 1.165) is 71.9 Å². The molecule has 4 rings (SSSR count). The minimum atomic E-state index is -0.148. The Labute approximate surface area is 241 Å². The van der Waals surface area contributed by atoms with Gasteiger partial charge in [0.05, 0.1) is 17.3 Å². The molecule has 0 aromatic carbocycles. The van der Waals surface area contributed by atoms with Crippen LogP contribution in [0.2, 0.25) is 0 Å². The Morgan fingerprint density at radius 3 is 2.03 bits per heavy atom. The molecule has 222 valence electrons. The van der Waals surface area contributed by atoms with Crippen molar-refractivity contribution >= 4 is 17.4 Å². The molecule has 1 saturated carbocycles. The standard InChI is InChI=1S/C12H18N2O2S.C12H19NO.C6H12.C2H6/c1-16-6-7-17-12-9-5-3-2-4-8(9)10(13)11(15)14-12;1-8(2)10-6-4-5-7-11(10)12(13)9(3)14;1-6-4-2-3-5-6;1-2/h2-7,13H2,1H3,(H,14,15);14H,1,4-7,13H2,2-3H3;6H,2-5H2,1H3;1-2H3/b;12-9-;;. The summed E-state index contributed by atoms with van der Waals surface area (Å²) < 4.78 is 5.02. The van der Waals surface area contributed by atoms with Gasteiger partial charge >= 0.3 is 0 Å². The van der Waals surface area contributed by atoms with Crippen molar-refractivity contribution in [3.05, 3.63) is 56.2 Å². The Morgan fingerprint density at radius 2 is 1.54 bits per heavy atom. The van der Waals surface area contributed by atoms with Crippen LogP contribution in [0.25, 0.3) is 0 Å². The van der Waals surface area contributed by atoms with Crippen LogP contribution in [0.3, 0.4) is 0 Å². The van der Waals surface area contributed by atoms with Crippen LogP contribution in [0.4, 0.5) is 5.69 Å². The molecule has 3 aliphatic carbocycles. The summed E-state index contributed by atoms with van der Waals surface area (Å²) in [6, 6.07) is 0. The molecule has 3 aliphatic rings. The van der Waals surface area contributed by atoms with Crippen LogP contribution in [0.15, 0.2) is 44.6 Å². The summed E-state index contributed by atoms with van der Waals surface area (Å²) in [5.41, 5.74) is 18.2. The van der Waals surface area contributed by atoms with Gasteiger partial charge in [-0.3, -0.25) is 4.79 Å². The zero-order valence-corrected chi connectivity index (χ0v) is 26.3. The number of H-pyrrole nitrogens is 1. The molecule has 6 nitrogen and oxygen atoms in total. The highest BCUT2D eigenvalue weighted by Crippen LogP contribution is 2.32. The number of nitrogen functional groups attached to an aromatic ring is 1. The van der Waals surface area contributed by atoms with Crippen LogP contribution in [0.1, 0.15) is 110 Å². The van der Waals surface area contributed by atoms with E-state index in [-0.39, 0.29) is 11.3 Å². The van der Waals surface area contributed by atoms with Crippen molar-refractivity contribution in [3.8, 4) is 0 Å². The van der Waals surface area contributed by atoms with E-state index in [1.54, 1.807) is 25.8 Å². The van der Waals surface area contributed by atoms with Crippen LogP contribution in [-0.2, 0) is 17.6 Å². The number of aliphatic hydroxyl groups excluding tert-OH is 1. The van der Waals surface area contributed by atoms with Crippen LogP contribution in [-0.4, -0.2) is 29.6 Å². The molecule has 6 N–H and O–H groups in total. The molecule has 1 aromatic rings. The minimum Gasteiger partial charge on any atom is -0.510 e. The number of aliphatic hydroxyl groups is 1. The highest BCUT2D eigenvalue weighted by molar-refractivity contribution is 7.99. The molecule has 0 radical (unpaired) electrons. The number of nitrogens with two attached hydrogens (primary N) is 2. The van der Waals surface area contributed by atoms with Gasteiger partial charge in [0, 0.05) is 12.9 Å². The van der Waals surface area contributed by atoms with Crippen molar-refractivity contribution in [1.82, 2.24) is 4.98 Å². The molecule has 0 spiro atoms. The van der Waals surface area contributed by atoms with E-state index >= 15 is 0 Å². The monoisotopic (exact) mass is 561 g/mol. The van der Waals surface area contributed by atoms with Crippen molar-refractivity contribution in [2.45, 2.75) is 117 Å². The second kappa shape index (κ2) is 19.0. The lowest BCUT2D eigenvalue weighted by atomic mass is 9.86. The highest BCUT2D eigenvalue weighted by Gasteiger charge is 2.19. The third-order valence-electron chi connectivity index (χ3n) is 7.41. The quantitative estimate of drug-likeness (QED) is 0.159. The molecule has 1 heterocycles. The van der Waals surface area contributed by atoms with Gasteiger partial charge in [-0.25, -0.2) is 0 Å². The lowest BCUT2D eigenvalue weighted by molar-refractivity contribution is 0.218. The molecule has 1 aromatic heterocycles. The maximum atomic E-state index is 11.7. The van der Waals surface area contributed by atoms with Gasteiger partial charge in [-0.1, -0.05) is 58.6 Å². The number of thioether (sulfide) groups is 1. The third kappa shape index (κ3) is 11.5. The SMILES string of the molecule is C=C(C)C1=C(/C(N)=C(\C)O)CCCC1.CC.CC1CCCC1.COCCSc1[nH]c(=O)c(N)c2c1CCCC2. The molecular weight excluding hydrogens is 506 g/mol. The number of methoxy groups -OCH3 is 1. The average Bonchev–Trinajstić information content (AvgIpc) is 3.43. The normalized spacial score (nSPS) is 17.4. The van der Waals surface area contributed by atoms with Crippen LogP contribution in [0, 0.1) is 5.92 Å². The molecule has 1 fully saturated rings. The van der Waals surface area contributed by atoms with Gasteiger partial charge in [0.2, 0.25) is 0 Å². The van der Waals surface area contributed by atoms with E-state index in [9.17, 15) is 9.90 Å². The fourth-order valence-electron chi connectivity index (χ4n) is 5.21. The summed E-state index contributed by atoms with van der Waals surface area (Å²) in [4.78, 5) is 14.6. The van der Waals surface area contributed by atoms with E-state index in [1.807, 2.05) is 20.8 Å². The molecule has 0 bridgehead atoms. The van der Waals surface area contributed by atoms with Crippen LogP contribution >= 0.6 is 11.8 Å². The van der Waals surface area contributed by atoms with Gasteiger partial charge in [-0.15, -0.1) is 11.8 Å². The van der Waals surface area contributed by atoms with E-state index < -0.39 is 0 Å². The summed E-state index contributed by atoms with van der Waals surface area (Å²) >= 11 is 1.65. The predicted octanol–water partition coefficient (Wildman–Crippen LogP) is 7.98. The highest BCUT2D eigenvalue weighted by atomic mass is 32.2. The Balaban J connectivity index is 0.000000309. The number of ether oxygens (including phenoxy) is 1. The number of fused-ring (bicyclic) bond motifs is 1. The molecule has 0 amide bonds. The molecule has 0 unspecified atom stereocenters. The van der Waals surface area contributed by atoms with E-state index in [1.165, 1.54) is 49.7 Å². The van der Waals surface area contributed by atoms with Gasteiger partial charge in [0.25, 0.3) is 5.56 Å². The smallest absolute Gasteiger partial charge is 0.272 e. The Hall–Kier alpha value is -2.12. The van der Waals surface area contributed by atoms with E-state index in [4.69, 9.17) is 16.2 Å². The minimum absolute atomic E-state index is 0.148. The van der Waals surface area contributed by atoms with Crippen molar-refractivity contribution in [3.63, 3.8) is 0 Å². The summed E-state index contributed by atoms with van der Waals surface area (Å²) in [6.45, 7) is 14.6. The lowest BCUT2D eigenvalue weighted by Crippen LogP contribution is -2.20. The van der Waals surface area contributed by atoms with Gasteiger partial charge in [0.15, 0.2) is 0 Å².